The first-order chi connectivity index (χ1) is 7.59. The smallest absolute Gasteiger partial charge is 0.149 e. The van der Waals surface area contributed by atoms with E-state index >= 15 is 0 Å². The zero-order chi connectivity index (χ0) is 11.7. The summed E-state index contributed by atoms with van der Waals surface area (Å²) in [5.41, 5.74) is -0.0133. The van der Waals surface area contributed by atoms with E-state index < -0.39 is 11.6 Å². The van der Waals surface area contributed by atoms with Crippen molar-refractivity contribution in [2.24, 2.45) is 0 Å². The molecule has 0 aliphatic carbocycles. The van der Waals surface area contributed by atoms with Gasteiger partial charge in [0.05, 0.1) is 15.7 Å². The molecule has 1 heterocycles. The highest BCUT2D eigenvalue weighted by atomic mass is 79.9. The van der Waals surface area contributed by atoms with Crippen molar-refractivity contribution in [1.29, 1.82) is 0 Å². The van der Waals surface area contributed by atoms with E-state index in [1.54, 1.807) is 12.1 Å². The summed E-state index contributed by atoms with van der Waals surface area (Å²) in [5.74, 6) is -1.36. The number of halogens is 4. The van der Waals surface area contributed by atoms with Crippen molar-refractivity contribution in [1.82, 2.24) is 4.98 Å². The summed E-state index contributed by atoms with van der Waals surface area (Å²) in [7, 11) is 0. The van der Waals surface area contributed by atoms with Crippen LogP contribution in [-0.2, 0) is 0 Å². The average Bonchev–Trinajstić information content (AvgIpc) is 2.24. The third-order valence-electron chi connectivity index (χ3n) is 2.02. The van der Waals surface area contributed by atoms with Crippen molar-refractivity contribution in [3.8, 4) is 11.3 Å². The topological polar surface area (TPSA) is 12.9 Å². The first-order valence-corrected chi connectivity index (χ1v) is 5.53. The zero-order valence-corrected chi connectivity index (χ0v) is 10.2. The molecule has 0 spiro atoms. The molecule has 1 nitrogen and oxygen atoms in total. The maximum Gasteiger partial charge on any atom is 0.149 e. The lowest BCUT2D eigenvalue weighted by atomic mass is 10.1. The Hall–Kier alpha value is -1.00. The van der Waals surface area contributed by atoms with Crippen LogP contribution in [0.3, 0.4) is 0 Å². The van der Waals surface area contributed by atoms with Gasteiger partial charge >= 0.3 is 0 Å². The van der Waals surface area contributed by atoms with E-state index in [0.29, 0.717) is 0 Å². The predicted octanol–water partition coefficient (Wildman–Crippen LogP) is 4.44. The van der Waals surface area contributed by atoms with Gasteiger partial charge in [0, 0.05) is 0 Å². The Morgan fingerprint density at radius 2 is 1.88 bits per heavy atom. The molecule has 0 atom stereocenters. The van der Waals surface area contributed by atoms with Crippen molar-refractivity contribution < 1.29 is 8.78 Å². The number of rotatable bonds is 1. The lowest BCUT2D eigenvalue weighted by Gasteiger charge is -2.05. The highest BCUT2D eigenvalue weighted by molar-refractivity contribution is 9.10. The van der Waals surface area contributed by atoms with Gasteiger partial charge in [0.1, 0.15) is 16.8 Å². The van der Waals surface area contributed by atoms with Crippen LogP contribution in [0.2, 0.25) is 5.15 Å². The van der Waals surface area contributed by atoms with Gasteiger partial charge in [-0.3, -0.25) is 0 Å². The maximum atomic E-state index is 13.7. The molecule has 0 aliphatic rings. The summed E-state index contributed by atoms with van der Waals surface area (Å²) >= 11 is 8.67. The van der Waals surface area contributed by atoms with E-state index in [-0.39, 0.29) is 20.9 Å². The first kappa shape index (κ1) is 11.5. The third-order valence-corrected chi connectivity index (χ3v) is 2.84. The van der Waals surface area contributed by atoms with Gasteiger partial charge in [-0.25, -0.2) is 13.8 Å². The second-order valence-electron chi connectivity index (χ2n) is 3.06. The van der Waals surface area contributed by atoms with Gasteiger partial charge in [-0.1, -0.05) is 17.7 Å². The monoisotopic (exact) mass is 303 g/mol. The van der Waals surface area contributed by atoms with Crippen LogP contribution in [0.5, 0.6) is 0 Å². The molecule has 2 aromatic rings. The highest BCUT2D eigenvalue weighted by Gasteiger charge is 2.15. The molecule has 0 N–H and O–H groups in total. The average molecular weight is 305 g/mol. The van der Waals surface area contributed by atoms with Crippen LogP contribution in [0.4, 0.5) is 8.78 Å². The van der Waals surface area contributed by atoms with Crippen molar-refractivity contribution in [3.63, 3.8) is 0 Å². The van der Waals surface area contributed by atoms with Crippen LogP contribution in [0.1, 0.15) is 0 Å². The van der Waals surface area contributed by atoms with Crippen LogP contribution in [0, 0.1) is 11.6 Å². The molecule has 0 radical (unpaired) electrons. The molecule has 2 rings (SSSR count). The lowest BCUT2D eigenvalue weighted by molar-refractivity contribution is 0.584. The minimum Gasteiger partial charge on any atom is -0.236 e. The largest absolute Gasteiger partial charge is 0.236 e. The minimum absolute atomic E-state index is 0.170. The second kappa shape index (κ2) is 4.47. The predicted molar refractivity (Wildman–Crippen MR) is 62.3 cm³/mol. The molecule has 0 bridgehead atoms. The summed E-state index contributed by atoms with van der Waals surface area (Å²) in [6.07, 6.45) is 0. The standard InChI is InChI=1S/C11H5BrClF2N/c12-6-4-5-7(14)10(11(6)15)8-2-1-3-9(13)16-8/h1-5H. The number of aromatic nitrogens is 1. The summed E-state index contributed by atoms with van der Waals surface area (Å²) < 4.78 is 27.4. The third kappa shape index (κ3) is 2.08. The summed E-state index contributed by atoms with van der Waals surface area (Å²) in [6, 6.07) is 7.10. The molecule has 0 aliphatic heterocycles. The van der Waals surface area contributed by atoms with E-state index in [0.717, 1.165) is 0 Å². The van der Waals surface area contributed by atoms with Gasteiger partial charge < -0.3 is 0 Å². The quantitative estimate of drug-likeness (QED) is 0.560. The highest BCUT2D eigenvalue weighted by Crippen LogP contribution is 2.29. The number of benzene rings is 1. The molecule has 0 saturated heterocycles. The lowest BCUT2D eigenvalue weighted by Crippen LogP contribution is -1.93. The Morgan fingerprint density at radius 3 is 2.56 bits per heavy atom. The Balaban J connectivity index is 2.68. The van der Waals surface area contributed by atoms with Crippen molar-refractivity contribution in [2.45, 2.75) is 0 Å². The minimum atomic E-state index is -0.685. The number of hydrogen-bond donors (Lipinski definition) is 0. The molecule has 0 saturated carbocycles. The number of pyridine rings is 1. The van der Waals surface area contributed by atoms with Crippen molar-refractivity contribution in [3.05, 3.63) is 51.6 Å². The Morgan fingerprint density at radius 1 is 1.12 bits per heavy atom. The first-order valence-electron chi connectivity index (χ1n) is 4.36. The van der Waals surface area contributed by atoms with E-state index in [1.165, 1.54) is 18.2 Å². The fourth-order valence-corrected chi connectivity index (χ4v) is 1.80. The normalized spacial score (nSPS) is 10.5. The summed E-state index contributed by atoms with van der Waals surface area (Å²) in [6.45, 7) is 0. The fourth-order valence-electron chi connectivity index (χ4n) is 1.31. The molecule has 0 unspecified atom stereocenters. The molecule has 5 heteroatoms. The van der Waals surface area contributed by atoms with Gasteiger partial charge in [0.15, 0.2) is 0 Å². The molecule has 82 valence electrons. The van der Waals surface area contributed by atoms with Crippen LogP contribution in [0.15, 0.2) is 34.8 Å². The van der Waals surface area contributed by atoms with E-state index in [1.807, 2.05) is 0 Å². The van der Waals surface area contributed by atoms with Crippen LogP contribution in [0.25, 0.3) is 11.3 Å². The summed E-state index contributed by atoms with van der Waals surface area (Å²) in [5, 5.41) is 0.191. The van der Waals surface area contributed by atoms with Crippen LogP contribution < -0.4 is 0 Å². The molecular weight excluding hydrogens is 299 g/mol. The molecule has 1 aromatic carbocycles. The van der Waals surface area contributed by atoms with Gasteiger partial charge in [-0.15, -0.1) is 0 Å². The van der Waals surface area contributed by atoms with E-state index in [9.17, 15) is 8.78 Å². The van der Waals surface area contributed by atoms with Crippen LogP contribution >= 0.6 is 27.5 Å². The van der Waals surface area contributed by atoms with Gasteiger partial charge in [-0.05, 0) is 40.2 Å². The van der Waals surface area contributed by atoms with E-state index in [4.69, 9.17) is 11.6 Å². The Kier molecular flexibility index (Phi) is 3.21. The maximum absolute atomic E-state index is 13.7. The Labute approximate surface area is 104 Å². The Bertz CT molecular complexity index is 546. The number of nitrogens with zero attached hydrogens (tertiary/aromatic N) is 1. The van der Waals surface area contributed by atoms with Gasteiger partial charge in [0.25, 0.3) is 0 Å². The SMILES string of the molecule is Fc1ccc(Br)c(F)c1-c1cccc(Cl)n1. The van der Waals surface area contributed by atoms with Gasteiger partial charge in [0.2, 0.25) is 0 Å². The molecular formula is C11H5BrClF2N. The second-order valence-corrected chi connectivity index (χ2v) is 4.31. The molecule has 0 fully saturated rings. The number of hydrogen-bond acceptors (Lipinski definition) is 1. The molecule has 16 heavy (non-hydrogen) atoms. The molecule has 0 amide bonds. The van der Waals surface area contributed by atoms with Crippen molar-refractivity contribution >= 4 is 27.5 Å². The summed E-state index contributed by atoms with van der Waals surface area (Å²) in [4.78, 5) is 3.87. The van der Waals surface area contributed by atoms with Crippen molar-refractivity contribution in [2.75, 3.05) is 0 Å². The fraction of sp³-hybridized carbons (Fsp3) is 0. The molecule has 1 aromatic heterocycles. The van der Waals surface area contributed by atoms with Gasteiger partial charge in [-0.2, -0.15) is 0 Å². The van der Waals surface area contributed by atoms with Crippen LogP contribution in [-0.4, -0.2) is 4.98 Å². The van der Waals surface area contributed by atoms with E-state index in [2.05, 4.69) is 20.9 Å². The zero-order valence-electron chi connectivity index (χ0n) is 7.85.